The lowest BCUT2D eigenvalue weighted by Crippen LogP contribution is -2.35. The van der Waals surface area contributed by atoms with Crippen LogP contribution in [0.2, 0.25) is 0 Å². The van der Waals surface area contributed by atoms with Crippen LogP contribution in [0.15, 0.2) is 24.7 Å². The summed E-state index contributed by atoms with van der Waals surface area (Å²) < 4.78 is 0. The van der Waals surface area contributed by atoms with Crippen molar-refractivity contribution in [1.82, 2.24) is 20.2 Å². The minimum Gasteiger partial charge on any atom is -0.360 e. The number of pyridine rings is 1. The third-order valence-electron chi connectivity index (χ3n) is 6.90. The average molecular weight is 366 g/mol. The molecule has 3 heterocycles. The van der Waals surface area contributed by atoms with Gasteiger partial charge < -0.3 is 15.2 Å². The molecular formula is C21H26N4O2. The van der Waals surface area contributed by atoms with Crippen LogP contribution in [0.3, 0.4) is 0 Å². The number of hydrogen-bond donors (Lipinski definition) is 2. The Balaban J connectivity index is 1.08. The zero-order valence-corrected chi connectivity index (χ0v) is 15.6. The van der Waals surface area contributed by atoms with Crippen LogP contribution in [-0.4, -0.2) is 46.3 Å². The van der Waals surface area contributed by atoms with E-state index in [0.29, 0.717) is 41.9 Å². The lowest BCUT2D eigenvalue weighted by molar-refractivity contribution is -0.132. The van der Waals surface area contributed by atoms with Crippen molar-refractivity contribution >= 4 is 22.7 Å². The molecule has 0 radical (unpaired) electrons. The molecule has 2 aromatic rings. The van der Waals surface area contributed by atoms with Gasteiger partial charge in [0.1, 0.15) is 0 Å². The molecule has 27 heavy (non-hydrogen) atoms. The maximum atomic E-state index is 12.4. The van der Waals surface area contributed by atoms with Crippen LogP contribution in [-0.2, 0) is 16.0 Å². The van der Waals surface area contributed by atoms with Crippen LogP contribution < -0.4 is 5.32 Å². The highest BCUT2D eigenvalue weighted by molar-refractivity contribution is 5.88. The third-order valence-corrected chi connectivity index (χ3v) is 6.90. The Bertz CT molecular complexity index is 879. The van der Waals surface area contributed by atoms with E-state index in [-0.39, 0.29) is 5.91 Å². The molecule has 6 nitrogen and oxygen atoms in total. The summed E-state index contributed by atoms with van der Waals surface area (Å²) in [5.41, 5.74) is 1.97. The fourth-order valence-electron chi connectivity index (χ4n) is 5.01. The van der Waals surface area contributed by atoms with Crippen molar-refractivity contribution in [3.63, 3.8) is 0 Å². The molecule has 2 unspecified atom stereocenters. The molecule has 5 rings (SSSR count). The van der Waals surface area contributed by atoms with E-state index in [1.807, 2.05) is 12.3 Å². The number of carbonyl (C=O) groups excluding carboxylic acids is 2. The molecule has 3 fully saturated rings. The molecule has 0 bridgehead atoms. The maximum Gasteiger partial charge on any atom is 0.225 e. The van der Waals surface area contributed by atoms with Gasteiger partial charge in [-0.3, -0.25) is 14.6 Å². The highest BCUT2D eigenvalue weighted by Crippen LogP contribution is 2.53. The lowest BCUT2D eigenvalue weighted by atomic mass is 10.1. The number of likely N-dealkylation sites (tertiary alicyclic amines) is 1. The summed E-state index contributed by atoms with van der Waals surface area (Å²) in [6.07, 6.45) is 8.02. The molecule has 2 saturated carbocycles. The van der Waals surface area contributed by atoms with Crippen molar-refractivity contribution in [2.45, 2.75) is 26.2 Å². The van der Waals surface area contributed by atoms with Gasteiger partial charge in [-0.1, -0.05) is 13.3 Å². The quantitative estimate of drug-likeness (QED) is 0.820. The predicted molar refractivity (Wildman–Crippen MR) is 102 cm³/mol. The molecule has 6 heteroatoms. The van der Waals surface area contributed by atoms with Gasteiger partial charge in [-0.05, 0) is 41.7 Å². The first-order valence-electron chi connectivity index (χ1n) is 10.1. The minimum absolute atomic E-state index is 0.0642. The van der Waals surface area contributed by atoms with E-state index in [0.717, 1.165) is 48.9 Å². The first-order valence-corrected chi connectivity index (χ1v) is 10.1. The molecule has 0 aromatic carbocycles. The summed E-state index contributed by atoms with van der Waals surface area (Å²) in [5.74, 6) is 3.10. The monoisotopic (exact) mass is 366 g/mol. The first kappa shape index (κ1) is 16.8. The number of aromatic nitrogens is 2. The summed E-state index contributed by atoms with van der Waals surface area (Å²) in [6.45, 7) is 4.70. The Morgan fingerprint density at radius 3 is 2.89 bits per heavy atom. The highest BCUT2D eigenvalue weighted by Gasteiger charge is 2.57. The van der Waals surface area contributed by atoms with Crippen molar-refractivity contribution in [2.75, 3.05) is 19.6 Å². The number of rotatable bonds is 6. The molecule has 2 aliphatic carbocycles. The van der Waals surface area contributed by atoms with Crippen LogP contribution in [0.1, 0.15) is 25.3 Å². The van der Waals surface area contributed by atoms with Crippen molar-refractivity contribution in [3.8, 4) is 0 Å². The molecule has 1 saturated heterocycles. The molecule has 3 aliphatic rings. The van der Waals surface area contributed by atoms with Gasteiger partial charge in [-0.15, -0.1) is 0 Å². The van der Waals surface area contributed by atoms with E-state index < -0.39 is 0 Å². The van der Waals surface area contributed by atoms with Crippen LogP contribution in [0.5, 0.6) is 0 Å². The third kappa shape index (κ3) is 3.01. The Morgan fingerprint density at radius 1 is 1.33 bits per heavy atom. The Hall–Kier alpha value is -2.37. The predicted octanol–water partition coefficient (Wildman–Crippen LogP) is 1.97. The number of nitrogens with one attached hydrogen (secondary N) is 2. The molecule has 1 aliphatic heterocycles. The summed E-state index contributed by atoms with van der Waals surface area (Å²) in [4.78, 5) is 34.1. The molecular weight excluding hydrogens is 340 g/mol. The topological polar surface area (TPSA) is 78.1 Å². The number of aromatic amines is 1. The minimum atomic E-state index is 0.0642. The molecule has 2 amide bonds. The standard InChI is InChI=1S/C21H26N4O2/c1-2-12-5-15(12)21(27)25-10-17-16(18(17)11-25)8-24-20(26)6-13-7-23-19-9-22-4-3-14(13)19/h3-4,7,9,12,15-18,23H,2,5-6,8,10-11H2,1H3,(H,24,26)/t12-,15-,16?,17?,18?/m1/s1. The van der Waals surface area contributed by atoms with Gasteiger partial charge in [0, 0.05) is 43.3 Å². The first-order chi connectivity index (χ1) is 13.2. The largest absolute Gasteiger partial charge is 0.360 e. The van der Waals surface area contributed by atoms with E-state index >= 15 is 0 Å². The summed E-state index contributed by atoms with van der Waals surface area (Å²) in [7, 11) is 0. The average Bonchev–Trinajstić information content (AvgIpc) is 3.50. The lowest BCUT2D eigenvalue weighted by Gasteiger charge is -2.20. The summed E-state index contributed by atoms with van der Waals surface area (Å²) in [5, 5.41) is 4.16. The molecule has 142 valence electrons. The SMILES string of the molecule is CC[C@@H]1C[C@H]1C(=O)N1CC2C(CNC(=O)Cc3c[nH]c4cnccc34)C2C1. The number of piperidine rings is 1. The van der Waals surface area contributed by atoms with Crippen molar-refractivity contribution < 1.29 is 9.59 Å². The van der Waals surface area contributed by atoms with Gasteiger partial charge in [0.25, 0.3) is 0 Å². The fraction of sp³-hybridized carbons (Fsp3) is 0.571. The molecule has 0 spiro atoms. The normalized spacial score (nSPS) is 31.0. The van der Waals surface area contributed by atoms with E-state index in [2.05, 4.69) is 27.1 Å². The second-order valence-corrected chi connectivity index (χ2v) is 8.46. The fourth-order valence-corrected chi connectivity index (χ4v) is 5.01. The van der Waals surface area contributed by atoms with E-state index in [9.17, 15) is 9.59 Å². The highest BCUT2D eigenvalue weighted by atomic mass is 16.2. The van der Waals surface area contributed by atoms with Crippen LogP contribution in [0.25, 0.3) is 10.9 Å². The number of nitrogens with zero attached hydrogens (tertiary/aromatic N) is 2. The summed E-state index contributed by atoms with van der Waals surface area (Å²) in [6, 6.07) is 1.94. The number of H-pyrrole nitrogens is 1. The number of carbonyl (C=O) groups is 2. The van der Waals surface area contributed by atoms with E-state index in [1.165, 1.54) is 0 Å². The van der Waals surface area contributed by atoms with Crippen molar-refractivity contribution in [2.24, 2.45) is 29.6 Å². The molecule has 4 atom stereocenters. The second-order valence-electron chi connectivity index (χ2n) is 8.46. The molecule has 2 aromatic heterocycles. The van der Waals surface area contributed by atoms with Crippen LogP contribution in [0.4, 0.5) is 0 Å². The van der Waals surface area contributed by atoms with Crippen molar-refractivity contribution in [1.29, 1.82) is 0 Å². The smallest absolute Gasteiger partial charge is 0.225 e. The Labute approximate surface area is 158 Å². The van der Waals surface area contributed by atoms with Gasteiger partial charge in [-0.25, -0.2) is 0 Å². The molecule has 2 N–H and O–H groups in total. The van der Waals surface area contributed by atoms with E-state index in [4.69, 9.17) is 0 Å². The Kier molecular flexibility index (Phi) is 3.95. The zero-order valence-electron chi connectivity index (χ0n) is 15.6. The second kappa shape index (κ2) is 6.36. The van der Waals surface area contributed by atoms with Gasteiger partial charge in [0.15, 0.2) is 0 Å². The van der Waals surface area contributed by atoms with Gasteiger partial charge in [0.05, 0.1) is 18.1 Å². The maximum absolute atomic E-state index is 12.4. The van der Waals surface area contributed by atoms with Gasteiger partial charge in [-0.2, -0.15) is 0 Å². The van der Waals surface area contributed by atoms with Crippen LogP contribution >= 0.6 is 0 Å². The van der Waals surface area contributed by atoms with E-state index in [1.54, 1.807) is 12.4 Å². The summed E-state index contributed by atoms with van der Waals surface area (Å²) >= 11 is 0. The van der Waals surface area contributed by atoms with Gasteiger partial charge in [0.2, 0.25) is 11.8 Å². The van der Waals surface area contributed by atoms with Crippen molar-refractivity contribution in [3.05, 3.63) is 30.2 Å². The Morgan fingerprint density at radius 2 is 2.15 bits per heavy atom. The van der Waals surface area contributed by atoms with Gasteiger partial charge >= 0.3 is 0 Å². The zero-order chi connectivity index (χ0) is 18.5. The number of fused-ring (bicyclic) bond motifs is 2. The number of amides is 2. The number of hydrogen-bond acceptors (Lipinski definition) is 3. The van der Waals surface area contributed by atoms with Crippen LogP contribution in [0, 0.1) is 29.6 Å².